The topological polar surface area (TPSA) is 39.1 Å². The first-order chi connectivity index (χ1) is 7.91. The molecule has 0 spiro atoms. The zero-order valence-corrected chi connectivity index (χ0v) is 11.6. The molecule has 17 heavy (non-hydrogen) atoms. The van der Waals surface area contributed by atoms with Gasteiger partial charge in [0.2, 0.25) is 5.91 Å². The van der Waals surface area contributed by atoms with Gasteiger partial charge in [-0.15, -0.1) is 0 Å². The molecule has 0 aliphatic carbocycles. The molecule has 1 atom stereocenters. The summed E-state index contributed by atoms with van der Waals surface area (Å²) in [5.74, 6) is 1.60. The van der Waals surface area contributed by atoms with Crippen LogP contribution in [-0.2, 0) is 4.79 Å². The van der Waals surface area contributed by atoms with E-state index in [9.17, 15) is 4.79 Å². The number of rotatable bonds is 2. The van der Waals surface area contributed by atoms with Gasteiger partial charge in [-0.1, -0.05) is 0 Å². The molecule has 1 aliphatic rings. The van der Waals surface area contributed by atoms with Gasteiger partial charge in [-0.05, 0) is 12.3 Å². The maximum absolute atomic E-state index is 11.6. The molecule has 0 bridgehead atoms. The minimum absolute atomic E-state index is 0.243. The van der Waals surface area contributed by atoms with E-state index < -0.39 is 0 Å². The van der Waals surface area contributed by atoms with E-state index in [-0.39, 0.29) is 5.91 Å². The van der Waals surface area contributed by atoms with E-state index in [1.54, 1.807) is 4.90 Å². The van der Waals surface area contributed by atoms with E-state index in [4.69, 9.17) is 0 Å². The second-order valence-electron chi connectivity index (χ2n) is 5.10. The summed E-state index contributed by atoms with van der Waals surface area (Å²) < 4.78 is 0. The van der Waals surface area contributed by atoms with Gasteiger partial charge in [0.1, 0.15) is 0 Å². The Morgan fingerprint density at radius 2 is 1.94 bits per heavy atom. The van der Waals surface area contributed by atoms with E-state index >= 15 is 0 Å². The zero-order chi connectivity index (χ0) is 13.0. The average Bonchev–Trinajstić information content (AvgIpc) is 2.22. The molecule has 1 aliphatic heterocycles. The van der Waals surface area contributed by atoms with Crippen molar-refractivity contribution < 1.29 is 4.79 Å². The third-order valence-corrected chi connectivity index (χ3v) is 3.05. The Kier molecular flexibility index (Phi) is 4.78. The lowest BCUT2D eigenvalue weighted by atomic mass is 9.97. The van der Waals surface area contributed by atoms with Crippen LogP contribution in [0.1, 0.15) is 12.8 Å². The van der Waals surface area contributed by atoms with Gasteiger partial charge in [-0.3, -0.25) is 9.79 Å². The first kappa shape index (κ1) is 13.8. The molecule has 1 fully saturated rings. The number of likely N-dealkylation sites (tertiary alicyclic amines) is 1. The number of hydrogen-bond acceptors (Lipinski definition) is 2. The summed E-state index contributed by atoms with van der Waals surface area (Å²) in [6.07, 6.45) is 1.69. The molecule has 0 saturated carbocycles. The molecule has 1 heterocycles. The highest BCUT2D eigenvalue weighted by atomic mass is 16.2. The molecule has 1 rings (SSSR count). The molecule has 5 heteroatoms. The van der Waals surface area contributed by atoms with Crippen molar-refractivity contribution >= 4 is 11.9 Å². The Labute approximate surface area is 104 Å². The normalized spacial score (nSPS) is 20.2. The Morgan fingerprint density at radius 3 is 2.41 bits per heavy atom. The average molecular weight is 240 g/mol. The van der Waals surface area contributed by atoms with Gasteiger partial charge in [0, 0.05) is 54.7 Å². The van der Waals surface area contributed by atoms with Crippen LogP contribution in [0.25, 0.3) is 0 Å². The lowest BCUT2D eigenvalue weighted by molar-refractivity contribution is -0.133. The van der Waals surface area contributed by atoms with Gasteiger partial charge in [0.25, 0.3) is 0 Å². The molecule has 5 nitrogen and oxygen atoms in total. The summed E-state index contributed by atoms with van der Waals surface area (Å²) in [6, 6.07) is 0. The lowest BCUT2D eigenvalue weighted by Gasteiger charge is -2.29. The van der Waals surface area contributed by atoms with Crippen molar-refractivity contribution in [2.75, 3.05) is 48.3 Å². The Morgan fingerprint density at radius 1 is 1.35 bits per heavy atom. The molecule has 0 aromatic carbocycles. The summed E-state index contributed by atoms with van der Waals surface area (Å²) in [5.41, 5.74) is 0. The van der Waals surface area contributed by atoms with E-state index in [0.29, 0.717) is 12.3 Å². The summed E-state index contributed by atoms with van der Waals surface area (Å²) in [4.78, 5) is 22.0. The zero-order valence-electron chi connectivity index (χ0n) is 11.6. The van der Waals surface area contributed by atoms with Crippen molar-refractivity contribution in [3.05, 3.63) is 0 Å². The number of nitrogens with zero attached hydrogens (tertiary/aromatic N) is 4. The Bertz CT molecular complexity index is 289. The Balaban J connectivity index is 2.54. The Hall–Kier alpha value is -1.26. The molecule has 0 N–H and O–H groups in total. The minimum atomic E-state index is 0.243. The van der Waals surface area contributed by atoms with Gasteiger partial charge < -0.3 is 14.7 Å². The highest BCUT2D eigenvalue weighted by molar-refractivity contribution is 5.79. The standard InChI is InChI=1S/C12H24N4O/c1-14(2)12(15(3)4)13-9-10-6-7-16(5)11(17)8-10/h10H,6-9H2,1-5H3. The van der Waals surface area contributed by atoms with Crippen LogP contribution in [0.3, 0.4) is 0 Å². The fourth-order valence-corrected chi connectivity index (χ4v) is 2.06. The van der Waals surface area contributed by atoms with Crippen molar-refractivity contribution in [1.82, 2.24) is 14.7 Å². The van der Waals surface area contributed by atoms with Crippen LogP contribution in [0.4, 0.5) is 0 Å². The van der Waals surface area contributed by atoms with Crippen LogP contribution in [0.5, 0.6) is 0 Å². The third kappa shape index (κ3) is 3.91. The van der Waals surface area contributed by atoms with Crippen molar-refractivity contribution in [3.63, 3.8) is 0 Å². The van der Waals surface area contributed by atoms with Gasteiger partial charge in [-0.2, -0.15) is 0 Å². The first-order valence-corrected chi connectivity index (χ1v) is 6.05. The molecule has 0 aromatic heterocycles. The van der Waals surface area contributed by atoms with E-state index in [1.165, 1.54) is 0 Å². The molecule has 1 unspecified atom stereocenters. The number of amides is 1. The smallest absolute Gasteiger partial charge is 0.222 e. The largest absolute Gasteiger partial charge is 0.349 e. The van der Waals surface area contributed by atoms with Gasteiger partial charge >= 0.3 is 0 Å². The molecule has 0 radical (unpaired) electrons. The quantitative estimate of drug-likeness (QED) is 0.516. The predicted molar refractivity (Wildman–Crippen MR) is 70.0 cm³/mol. The number of guanidine groups is 1. The van der Waals surface area contributed by atoms with E-state index in [1.807, 2.05) is 45.0 Å². The van der Waals surface area contributed by atoms with Crippen molar-refractivity contribution in [2.45, 2.75) is 12.8 Å². The first-order valence-electron chi connectivity index (χ1n) is 6.05. The van der Waals surface area contributed by atoms with E-state index in [2.05, 4.69) is 4.99 Å². The number of aliphatic imine (C=N–C) groups is 1. The molecule has 0 aromatic rings. The maximum Gasteiger partial charge on any atom is 0.222 e. The van der Waals surface area contributed by atoms with Crippen LogP contribution in [0.15, 0.2) is 4.99 Å². The van der Waals surface area contributed by atoms with Crippen LogP contribution in [-0.4, -0.2) is 74.9 Å². The van der Waals surface area contributed by atoms with Crippen LogP contribution in [0.2, 0.25) is 0 Å². The fraction of sp³-hybridized carbons (Fsp3) is 0.833. The van der Waals surface area contributed by atoms with Crippen molar-refractivity contribution in [1.29, 1.82) is 0 Å². The molecule has 98 valence electrons. The molecular weight excluding hydrogens is 216 g/mol. The van der Waals surface area contributed by atoms with Gasteiger partial charge in [0.05, 0.1) is 0 Å². The third-order valence-electron chi connectivity index (χ3n) is 3.05. The minimum Gasteiger partial charge on any atom is -0.349 e. The second-order valence-corrected chi connectivity index (χ2v) is 5.10. The molecule has 1 saturated heterocycles. The lowest BCUT2D eigenvalue weighted by Crippen LogP contribution is -2.38. The fourth-order valence-electron chi connectivity index (χ4n) is 2.06. The number of piperidine rings is 1. The molecule has 1 amide bonds. The number of hydrogen-bond donors (Lipinski definition) is 0. The van der Waals surface area contributed by atoms with Crippen LogP contribution < -0.4 is 0 Å². The SMILES string of the molecule is CN(C)C(=NCC1CCN(C)C(=O)C1)N(C)C. The summed E-state index contributed by atoms with van der Waals surface area (Å²) in [5, 5.41) is 0. The van der Waals surface area contributed by atoms with Gasteiger partial charge in [-0.25, -0.2) is 0 Å². The van der Waals surface area contributed by atoms with Crippen molar-refractivity contribution in [2.24, 2.45) is 10.9 Å². The van der Waals surface area contributed by atoms with Crippen molar-refractivity contribution in [3.8, 4) is 0 Å². The highest BCUT2D eigenvalue weighted by Crippen LogP contribution is 2.17. The summed E-state index contributed by atoms with van der Waals surface area (Å²) in [6.45, 7) is 1.60. The summed E-state index contributed by atoms with van der Waals surface area (Å²) >= 11 is 0. The predicted octanol–water partition coefficient (Wildman–Crippen LogP) is 0.334. The van der Waals surface area contributed by atoms with Crippen LogP contribution >= 0.6 is 0 Å². The molecular formula is C12H24N4O. The second kappa shape index (κ2) is 5.89. The van der Waals surface area contributed by atoms with Crippen LogP contribution in [0, 0.1) is 5.92 Å². The number of carbonyl (C=O) groups is 1. The maximum atomic E-state index is 11.6. The summed E-state index contributed by atoms with van der Waals surface area (Å²) in [7, 11) is 9.81. The number of carbonyl (C=O) groups excluding carboxylic acids is 1. The van der Waals surface area contributed by atoms with Gasteiger partial charge in [0.15, 0.2) is 5.96 Å². The van der Waals surface area contributed by atoms with E-state index in [0.717, 1.165) is 25.5 Å². The highest BCUT2D eigenvalue weighted by Gasteiger charge is 2.23. The monoisotopic (exact) mass is 240 g/mol.